The summed E-state index contributed by atoms with van der Waals surface area (Å²) >= 11 is 5.77. The van der Waals surface area contributed by atoms with Crippen LogP contribution in [0.3, 0.4) is 0 Å². The molecule has 0 unspecified atom stereocenters. The Bertz CT molecular complexity index is 919. The molecule has 0 saturated carbocycles. The van der Waals surface area contributed by atoms with E-state index in [1.165, 1.54) is 19.0 Å². The molecule has 0 atom stereocenters. The molecule has 4 nitrogen and oxygen atoms in total. The van der Waals surface area contributed by atoms with Crippen molar-refractivity contribution in [2.75, 3.05) is 31.1 Å². The quantitative estimate of drug-likeness (QED) is 0.460. The maximum Gasteiger partial charge on any atom is 0.416 e. The van der Waals surface area contributed by atoms with E-state index in [-0.39, 0.29) is 17.8 Å². The molecule has 2 aliphatic rings. The first kappa shape index (κ1) is 22.1. The number of rotatable bonds is 5. The minimum absolute atomic E-state index is 0.0258. The molecule has 4 rings (SSSR count). The standard InChI is InChI=1S/C23H25ClF3N3O/c24-22-4-3-16(15-28-22)11-21(31)17-12-18(23(25,26)27)14-20(13-17)30-9-5-19(6-10-30)29-7-1-2-8-29/h3-4,12-15,19H,1-2,5-11H2. The zero-order chi connectivity index (χ0) is 22.0. The van der Waals surface area contributed by atoms with E-state index in [2.05, 4.69) is 9.88 Å². The minimum Gasteiger partial charge on any atom is -0.371 e. The number of ketones is 1. The van der Waals surface area contributed by atoms with Crippen LogP contribution in [0.1, 0.15) is 47.2 Å². The maximum absolute atomic E-state index is 13.6. The van der Waals surface area contributed by atoms with E-state index in [0.717, 1.165) is 38.1 Å². The van der Waals surface area contributed by atoms with Gasteiger partial charge in [0.1, 0.15) is 5.15 Å². The van der Waals surface area contributed by atoms with E-state index in [1.54, 1.807) is 18.2 Å². The summed E-state index contributed by atoms with van der Waals surface area (Å²) in [5.74, 6) is -0.372. The van der Waals surface area contributed by atoms with Gasteiger partial charge in [-0.2, -0.15) is 13.2 Å². The van der Waals surface area contributed by atoms with Crippen LogP contribution < -0.4 is 4.90 Å². The number of anilines is 1. The summed E-state index contributed by atoms with van der Waals surface area (Å²) in [4.78, 5) is 21.2. The third-order valence-electron chi connectivity index (χ3n) is 6.21. The first-order valence-corrected chi connectivity index (χ1v) is 11.0. The third-order valence-corrected chi connectivity index (χ3v) is 6.43. The minimum atomic E-state index is -4.51. The second-order valence-corrected chi connectivity index (χ2v) is 8.70. The smallest absolute Gasteiger partial charge is 0.371 e. The van der Waals surface area contributed by atoms with Crippen LogP contribution >= 0.6 is 11.6 Å². The molecular formula is C23H25ClF3N3O. The number of halogens is 4. The number of carbonyl (C=O) groups is 1. The van der Waals surface area contributed by atoms with Crippen LogP contribution in [0.2, 0.25) is 5.15 Å². The van der Waals surface area contributed by atoms with E-state index in [9.17, 15) is 18.0 Å². The molecule has 2 saturated heterocycles. The van der Waals surface area contributed by atoms with Crippen LogP contribution in [0.5, 0.6) is 0 Å². The summed E-state index contributed by atoms with van der Waals surface area (Å²) in [5, 5.41) is 0.301. The highest BCUT2D eigenvalue weighted by Crippen LogP contribution is 2.34. The normalized spacial score (nSPS) is 18.5. The second kappa shape index (κ2) is 9.17. The summed E-state index contributed by atoms with van der Waals surface area (Å²) in [5.41, 5.74) is 0.359. The molecule has 0 radical (unpaired) electrons. The van der Waals surface area contributed by atoms with E-state index in [1.807, 2.05) is 4.90 Å². The fourth-order valence-corrected chi connectivity index (χ4v) is 4.62. The van der Waals surface area contributed by atoms with Crippen LogP contribution in [0, 0.1) is 0 Å². The molecule has 0 bridgehead atoms. The predicted octanol–water partition coefficient (Wildman–Crippen LogP) is 5.24. The van der Waals surface area contributed by atoms with Gasteiger partial charge in [0, 0.05) is 43.0 Å². The van der Waals surface area contributed by atoms with Crippen LogP contribution in [-0.4, -0.2) is 47.9 Å². The highest BCUT2D eigenvalue weighted by molar-refractivity contribution is 6.29. The number of alkyl halides is 3. The summed E-state index contributed by atoms with van der Waals surface area (Å²) in [7, 11) is 0. The van der Waals surface area contributed by atoms with Crippen molar-refractivity contribution in [3.05, 3.63) is 58.4 Å². The molecule has 0 N–H and O–H groups in total. The van der Waals surface area contributed by atoms with Crippen LogP contribution in [0.25, 0.3) is 0 Å². The van der Waals surface area contributed by atoms with E-state index >= 15 is 0 Å². The molecule has 0 amide bonds. The van der Waals surface area contributed by atoms with Gasteiger partial charge in [0.25, 0.3) is 0 Å². The average Bonchev–Trinajstić information content (AvgIpc) is 3.29. The van der Waals surface area contributed by atoms with Crippen LogP contribution in [0.4, 0.5) is 18.9 Å². The number of piperidine rings is 1. The number of nitrogens with zero attached hydrogens (tertiary/aromatic N) is 3. The molecule has 0 spiro atoms. The Morgan fingerprint density at radius 1 is 1.06 bits per heavy atom. The van der Waals surface area contributed by atoms with Crippen molar-refractivity contribution < 1.29 is 18.0 Å². The molecule has 2 fully saturated rings. The van der Waals surface area contributed by atoms with Crippen LogP contribution in [0.15, 0.2) is 36.5 Å². The van der Waals surface area contributed by atoms with E-state index in [4.69, 9.17) is 11.6 Å². The van der Waals surface area contributed by atoms with Gasteiger partial charge in [0.05, 0.1) is 5.56 Å². The monoisotopic (exact) mass is 451 g/mol. The molecule has 2 aromatic rings. The number of carbonyl (C=O) groups excluding carboxylic acids is 1. The van der Waals surface area contributed by atoms with Crippen molar-refractivity contribution in [2.24, 2.45) is 0 Å². The lowest BCUT2D eigenvalue weighted by Gasteiger charge is -2.38. The maximum atomic E-state index is 13.6. The Kier molecular flexibility index (Phi) is 6.53. The molecular weight excluding hydrogens is 427 g/mol. The molecule has 1 aromatic carbocycles. The van der Waals surface area contributed by atoms with Gasteiger partial charge < -0.3 is 9.80 Å². The largest absolute Gasteiger partial charge is 0.416 e. The lowest BCUT2D eigenvalue weighted by Crippen LogP contribution is -2.44. The van der Waals surface area contributed by atoms with Gasteiger partial charge in [-0.25, -0.2) is 4.98 Å². The summed E-state index contributed by atoms with van der Waals surface area (Å²) in [6.45, 7) is 3.62. The summed E-state index contributed by atoms with van der Waals surface area (Å²) < 4.78 is 40.7. The molecule has 2 aliphatic heterocycles. The molecule has 31 heavy (non-hydrogen) atoms. The molecule has 8 heteroatoms. The average molecular weight is 452 g/mol. The van der Waals surface area contributed by atoms with E-state index < -0.39 is 11.7 Å². The molecule has 1 aromatic heterocycles. The Morgan fingerprint density at radius 2 is 1.77 bits per heavy atom. The van der Waals surface area contributed by atoms with Crippen molar-refractivity contribution in [3.8, 4) is 0 Å². The van der Waals surface area contributed by atoms with Gasteiger partial charge in [-0.05, 0) is 68.6 Å². The number of aromatic nitrogens is 1. The molecule has 166 valence electrons. The van der Waals surface area contributed by atoms with Crippen LogP contribution in [-0.2, 0) is 12.6 Å². The van der Waals surface area contributed by atoms with Crippen molar-refractivity contribution >= 4 is 23.1 Å². The fraction of sp³-hybridized carbons (Fsp3) is 0.478. The van der Waals surface area contributed by atoms with Gasteiger partial charge in [-0.3, -0.25) is 4.79 Å². The number of hydrogen-bond acceptors (Lipinski definition) is 4. The highest BCUT2D eigenvalue weighted by atomic mass is 35.5. The Labute approximate surface area is 185 Å². The topological polar surface area (TPSA) is 36.4 Å². The number of benzene rings is 1. The number of hydrogen-bond donors (Lipinski definition) is 0. The summed E-state index contributed by atoms with van der Waals surface area (Å²) in [6, 6.07) is 7.43. The first-order valence-electron chi connectivity index (χ1n) is 10.6. The lowest BCUT2D eigenvalue weighted by molar-refractivity contribution is -0.137. The SMILES string of the molecule is O=C(Cc1ccc(Cl)nc1)c1cc(N2CCC(N3CCCC3)CC2)cc(C(F)(F)F)c1. The summed E-state index contributed by atoms with van der Waals surface area (Å²) in [6.07, 6.45) is 1.23. The van der Waals surface area contributed by atoms with Crippen molar-refractivity contribution in [2.45, 2.75) is 44.3 Å². The fourth-order valence-electron chi connectivity index (χ4n) is 4.51. The number of likely N-dealkylation sites (tertiary alicyclic amines) is 1. The number of pyridine rings is 1. The molecule has 3 heterocycles. The zero-order valence-corrected chi connectivity index (χ0v) is 17.9. The second-order valence-electron chi connectivity index (χ2n) is 8.32. The van der Waals surface area contributed by atoms with Gasteiger partial charge in [-0.1, -0.05) is 17.7 Å². The Morgan fingerprint density at radius 3 is 2.39 bits per heavy atom. The predicted molar refractivity (Wildman–Crippen MR) is 115 cm³/mol. The molecule has 0 aliphatic carbocycles. The number of Topliss-reactive ketones (excluding diaryl/α,β-unsaturated/α-hetero) is 1. The van der Waals surface area contributed by atoms with Crippen molar-refractivity contribution in [1.82, 2.24) is 9.88 Å². The zero-order valence-electron chi connectivity index (χ0n) is 17.2. The van der Waals surface area contributed by atoms with Crippen molar-refractivity contribution in [1.29, 1.82) is 0 Å². The third kappa shape index (κ3) is 5.39. The Balaban J connectivity index is 1.53. The van der Waals surface area contributed by atoms with Gasteiger partial charge in [0.2, 0.25) is 0 Å². The Hall–Kier alpha value is -2.12. The van der Waals surface area contributed by atoms with Gasteiger partial charge in [0.15, 0.2) is 5.78 Å². The van der Waals surface area contributed by atoms with Gasteiger partial charge >= 0.3 is 6.18 Å². The van der Waals surface area contributed by atoms with E-state index in [0.29, 0.717) is 35.5 Å². The highest BCUT2D eigenvalue weighted by Gasteiger charge is 2.33. The van der Waals surface area contributed by atoms with Gasteiger partial charge in [-0.15, -0.1) is 0 Å². The van der Waals surface area contributed by atoms with Crippen molar-refractivity contribution in [3.63, 3.8) is 0 Å². The lowest BCUT2D eigenvalue weighted by atomic mass is 9.98. The first-order chi connectivity index (χ1) is 14.8.